The number of likely N-dealkylation sites (tertiary alicyclic amines) is 1. The van der Waals surface area contributed by atoms with Crippen molar-refractivity contribution in [2.24, 2.45) is 11.8 Å². The number of methoxy groups -OCH3 is 2. The van der Waals surface area contributed by atoms with Crippen molar-refractivity contribution in [3.05, 3.63) is 29.8 Å². The Morgan fingerprint density at radius 3 is 2.45 bits per heavy atom. The molecule has 1 saturated heterocycles. The lowest BCUT2D eigenvalue weighted by atomic mass is 9.62. The second-order valence-corrected chi connectivity index (χ2v) is 6.28. The first kappa shape index (κ1) is 13.9. The average molecular weight is 275 g/mol. The summed E-state index contributed by atoms with van der Waals surface area (Å²) in [5, 5.41) is 0. The number of rotatable bonds is 3. The molecule has 1 saturated carbocycles. The fraction of sp³-hybridized carbons (Fsp3) is 0.647. The van der Waals surface area contributed by atoms with Crippen LogP contribution in [-0.2, 0) is 10.3 Å². The van der Waals surface area contributed by atoms with Crippen molar-refractivity contribution >= 4 is 0 Å². The largest absolute Gasteiger partial charge is 0.497 e. The summed E-state index contributed by atoms with van der Waals surface area (Å²) in [6.07, 6.45) is 3.84. The molecule has 0 radical (unpaired) electrons. The Hall–Kier alpha value is -1.06. The van der Waals surface area contributed by atoms with Gasteiger partial charge in [0, 0.05) is 32.0 Å². The normalized spacial score (nSPS) is 34.0. The molecule has 3 heteroatoms. The third-order valence-electron chi connectivity index (χ3n) is 5.24. The lowest BCUT2D eigenvalue weighted by molar-refractivity contribution is -0.165. The van der Waals surface area contributed by atoms with Gasteiger partial charge in [0.25, 0.3) is 0 Å². The van der Waals surface area contributed by atoms with E-state index < -0.39 is 0 Å². The minimum absolute atomic E-state index is 0.126. The third kappa shape index (κ3) is 2.04. The lowest BCUT2D eigenvalue weighted by Gasteiger charge is -2.54. The molecular weight excluding hydrogens is 250 g/mol. The Kier molecular flexibility index (Phi) is 3.74. The molecule has 3 rings (SSSR count). The van der Waals surface area contributed by atoms with Crippen molar-refractivity contribution < 1.29 is 9.47 Å². The number of hydrogen-bond acceptors (Lipinski definition) is 3. The number of fused-ring (bicyclic) bond motifs is 2. The summed E-state index contributed by atoms with van der Waals surface area (Å²) in [7, 11) is 5.85. The molecule has 1 aliphatic heterocycles. The van der Waals surface area contributed by atoms with Crippen LogP contribution in [-0.4, -0.2) is 39.3 Å². The summed E-state index contributed by atoms with van der Waals surface area (Å²) in [6.45, 7) is 2.25. The fourth-order valence-corrected chi connectivity index (χ4v) is 4.44. The maximum atomic E-state index is 6.20. The maximum Gasteiger partial charge on any atom is 0.119 e. The summed E-state index contributed by atoms with van der Waals surface area (Å²) >= 11 is 0. The van der Waals surface area contributed by atoms with Crippen molar-refractivity contribution in [3.63, 3.8) is 0 Å². The van der Waals surface area contributed by atoms with Crippen molar-refractivity contribution in [2.75, 3.05) is 34.4 Å². The third-order valence-corrected chi connectivity index (χ3v) is 5.24. The van der Waals surface area contributed by atoms with Gasteiger partial charge in [0.15, 0.2) is 0 Å². The fourth-order valence-electron chi connectivity index (χ4n) is 4.44. The highest BCUT2D eigenvalue weighted by Crippen LogP contribution is 2.51. The minimum Gasteiger partial charge on any atom is -0.497 e. The summed E-state index contributed by atoms with van der Waals surface area (Å²) in [6, 6.07) is 8.48. The molecular formula is C17H25NO2. The second-order valence-electron chi connectivity index (χ2n) is 6.28. The summed E-state index contributed by atoms with van der Waals surface area (Å²) in [4.78, 5) is 2.46. The molecule has 2 bridgehead atoms. The van der Waals surface area contributed by atoms with Crippen LogP contribution in [0.25, 0.3) is 0 Å². The van der Waals surface area contributed by atoms with Gasteiger partial charge >= 0.3 is 0 Å². The highest BCUT2D eigenvalue weighted by Gasteiger charge is 2.52. The topological polar surface area (TPSA) is 21.7 Å². The van der Waals surface area contributed by atoms with Crippen molar-refractivity contribution in [1.82, 2.24) is 4.90 Å². The minimum atomic E-state index is -0.126. The van der Waals surface area contributed by atoms with Crippen LogP contribution in [0.15, 0.2) is 24.3 Å². The van der Waals surface area contributed by atoms with Gasteiger partial charge in [-0.05, 0) is 37.6 Å². The number of benzene rings is 1. The van der Waals surface area contributed by atoms with E-state index in [1.54, 1.807) is 7.11 Å². The van der Waals surface area contributed by atoms with Gasteiger partial charge in [-0.25, -0.2) is 0 Å². The number of nitrogens with zero attached hydrogens (tertiary/aromatic N) is 1. The SMILES string of the molecule is COc1cccc(C2(OC)[C@@H]3CCC[C@H]2CN(C)C3)c1. The number of hydrogen-bond donors (Lipinski definition) is 0. The van der Waals surface area contributed by atoms with Crippen LogP contribution in [0.1, 0.15) is 24.8 Å². The van der Waals surface area contributed by atoms with Crippen molar-refractivity contribution in [1.29, 1.82) is 0 Å². The summed E-state index contributed by atoms with van der Waals surface area (Å²) < 4.78 is 11.6. The Morgan fingerprint density at radius 1 is 1.15 bits per heavy atom. The van der Waals surface area contributed by atoms with Gasteiger partial charge in [-0.3, -0.25) is 0 Å². The molecule has 0 aromatic heterocycles. The van der Waals surface area contributed by atoms with E-state index in [1.165, 1.54) is 24.8 Å². The van der Waals surface area contributed by atoms with Gasteiger partial charge < -0.3 is 14.4 Å². The first-order valence-corrected chi connectivity index (χ1v) is 7.59. The molecule has 110 valence electrons. The predicted molar refractivity (Wildman–Crippen MR) is 80.0 cm³/mol. The van der Waals surface area contributed by atoms with E-state index in [1.807, 2.05) is 13.2 Å². The van der Waals surface area contributed by atoms with Crippen molar-refractivity contribution in [2.45, 2.75) is 24.9 Å². The lowest BCUT2D eigenvalue weighted by Crippen LogP contribution is -2.58. The Bertz CT molecular complexity index is 460. The van der Waals surface area contributed by atoms with Gasteiger partial charge in [0.05, 0.1) is 7.11 Å². The molecule has 0 N–H and O–H groups in total. The molecule has 0 amide bonds. The maximum absolute atomic E-state index is 6.20. The highest BCUT2D eigenvalue weighted by atomic mass is 16.5. The molecule has 3 atom stereocenters. The highest BCUT2D eigenvalue weighted by molar-refractivity contribution is 5.35. The molecule has 1 aromatic rings. The van der Waals surface area contributed by atoms with Gasteiger partial charge in [0.1, 0.15) is 11.4 Å². The van der Waals surface area contributed by atoms with Gasteiger partial charge in [-0.15, -0.1) is 0 Å². The van der Waals surface area contributed by atoms with E-state index in [0.29, 0.717) is 11.8 Å². The predicted octanol–water partition coefficient (Wildman–Crippen LogP) is 2.90. The Morgan fingerprint density at radius 2 is 1.85 bits per heavy atom. The van der Waals surface area contributed by atoms with E-state index in [-0.39, 0.29) is 5.60 Å². The van der Waals surface area contributed by atoms with E-state index in [9.17, 15) is 0 Å². The van der Waals surface area contributed by atoms with Crippen LogP contribution in [0.4, 0.5) is 0 Å². The monoisotopic (exact) mass is 275 g/mol. The van der Waals surface area contributed by atoms with E-state index >= 15 is 0 Å². The molecule has 1 aliphatic carbocycles. The number of ether oxygens (including phenoxy) is 2. The molecule has 2 aliphatic rings. The molecule has 3 nitrogen and oxygen atoms in total. The van der Waals surface area contributed by atoms with Gasteiger partial charge in [-0.2, -0.15) is 0 Å². The second kappa shape index (κ2) is 5.38. The zero-order valence-electron chi connectivity index (χ0n) is 12.8. The quantitative estimate of drug-likeness (QED) is 0.846. The Labute approximate surface area is 121 Å². The van der Waals surface area contributed by atoms with Gasteiger partial charge in [-0.1, -0.05) is 18.6 Å². The van der Waals surface area contributed by atoms with Crippen LogP contribution in [0, 0.1) is 11.8 Å². The molecule has 1 unspecified atom stereocenters. The average Bonchev–Trinajstić information content (AvgIpc) is 2.46. The summed E-state index contributed by atoms with van der Waals surface area (Å²) in [5.74, 6) is 2.09. The van der Waals surface area contributed by atoms with Crippen LogP contribution < -0.4 is 4.74 Å². The van der Waals surface area contributed by atoms with E-state index in [2.05, 4.69) is 30.1 Å². The molecule has 20 heavy (non-hydrogen) atoms. The zero-order chi connectivity index (χ0) is 14.2. The zero-order valence-corrected chi connectivity index (χ0v) is 12.8. The van der Waals surface area contributed by atoms with Crippen LogP contribution in [0.2, 0.25) is 0 Å². The smallest absolute Gasteiger partial charge is 0.119 e. The molecule has 1 aromatic carbocycles. The first-order valence-electron chi connectivity index (χ1n) is 7.59. The molecule has 0 spiro atoms. The van der Waals surface area contributed by atoms with Crippen LogP contribution in [0.5, 0.6) is 5.75 Å². The standard InChI is InChI=1S/C17H25NO2/c1-18-11-14-7-4-8-15(12-18)17(14,20-3)13-6-5-9-16(10-13)19-2/h5-6,9-10,14-15H,4,7-8,11-12H2,1-3H3/t14-,15+,17?. The summed E-state index contributed by atoms with van der Waals surface area (Å²) in [5.41, 5.74) is 1.17. The molecule has 1 heterocycles. The van der Waals surface area contributed by atoms with Gasteiger partial charge in [0.2, 0.25) is 0 Å². The Balaban J connectivity index is 2.05. The van der Waals surface area contributed by atoms with E-state index in [4.69, 9.17) is 9.47 Å². The molecule has 2 fully saturated rings. The van der Waals surface area contributed by atoms with Crippen LogP contribution in [0.3, 0.4) is 0 Å². The van der Waals surface area contributed by atoms with Crippen molar-refractivity contribution in [3.8, 4) is 5.75 Å². The number of piperidine rings is 1. The van der Waals surface area contributed by atoms with E-state index in [0.717, 1.165) is 18.8 Å². The van der Waals surface area contributed by atoms with Crippen LogP contribution >= 0.6 is 0 Å². The first-order chi connectivity index (χ1) is 9.70.